The van der Waals surface area contributed by atoms with Gasteiger partial charge in [-0.3, -0.25) is 4.79 Å². The molecule has 0 bridgehead atoms. The molecule has 0 fully saturated rings. The van der Waals surface area contributed by atoms with E-state index in [-0.39, 0.29) is 12.5 Å². The minimum absolute atomic E-state index is 0.0105. The Bertz CT molecular complexity index is 699. The fourth-order valence-corrected chi connectivity index (χ4v) is 2.90. The maximum absolute atomic E-state index is 12.4. The molecule has 0 aliphatic carbocycles. The van der Waals surface area contributed by atoms with E-state index in [0.717, 1.165) is 28.3 Å². The molecule has 4 heteroatoms. The molecule has 0 spiro atoms. The summed E-state index contributed by atoms with van der Waals surface area (Å²) in [6.45, 7) is 12.1. The largest absolute Gasteiger partial charge is 0.483 e. The van der Waals surface area contributed by atoms with E-state index in [1.54, 1.807) is 0 Å². The number of carbonyl (C=O) groups excluding carboxylic acids is 1. The van der Waals surface area contributed by atoms with E-state index in [1.807, 2.05) is 45.9 Å². The lowest BCUT2D eigenvalue weighted by Crippen LogP contribution is -2.22. The van der Waals surface area contributed by atoms with E-state index < -0.39 is 0 Å². The summed E-state index contributed by atoms with van der Waals surface area (Å²) in [5.41, 5.74) is 5.16. The van der Waals surface area contributed by atoms with E-state index in [9.17, 15) is 4.79 Å². The van der Waals surface area contributed by atoms with Crippen molar-refractivity contribution < 1.29 is 9.53 Å². The summed E-state index contributed by atoms with van der Waals surface area (Å²) < 4.78 is 7.13. The number of nitrogens with zero attached hydrogens (tertiary/aromatic N) is 2. The molecule has 0 N–H and O–H groups in total. The van der Waals surface area contributed by atoms with Crippen molar-refractivity contribution >= 4 is 5.91 Å². The number of carbonyl (C=O) groups is 1. The summed E-state index contributed by atoms with van der Waals surface area (Å²) in [6.07, 6.45) is 0. The van der Waals surface area contributed by atoms with Crippen LogP contribution >= 0.6 is 0 Å². The van der Waals surface area contributed by atoms with Gasteiger partial charge in [0.05, 0.1) is 5.69 Å². The molecular formula is C18H24N2O2. The van der Waals surface area contributed by atoms with Crippen LogP contribution in [0.1, 0.15) is 52.6 Å². The Hall–Kier alpha value is -2.10. The molecule has 0 unspecified atom stereocenters. The molecule has 1 aromatic carbocycles. The first kappa shape index (κ1) is 16.3. The van der Waals surface area contributed by atoms with Crippen LogP contribution in [0.3, 0.4) is 0 Å². The van der Waals surface area contributed by atoms with Crippen molar-refractivity contribution in [3.8, 4) is 5.75 Å². The van der Waals surface area contributed by atoms with Gasteiger partial charge in [0.25, 0.3) is 5.91 Å². The monoisotopic (exact) mass is 300 g/mol. The van der Waals surface area contributed by atoms with E-state index in [2.05, 4.69) is 18.9 Å². The number of hydrogen-bond donors (Lipinski definition) is 0. The second kappa shape index (κ2) is 6.34. The Labute approximate surface area is 132 Å². The fraction of sp³-hybridized carbons (Fsp3) is 0.444. The highest BCUT2D eigenvalue weighted by Crippen LogP contribution is 2.23. The van der Waals surface area contributed by atoms with Crippen molar-refractivity contribution in [3.05, 3.63) is 46.3 Å². The van der Waals surface area contributed by atoms with Gasteiger partial charge in [0.2, 0.25) is 0 Å². The summed E-state index contributed by atoms with van der Waals surface area (Å²) in [5.74, 6) is 0.943. The van der Waals surface area contributed by atoms with Gasteiger partial charge in [-0.1, -0.05) is 31.5 Å². The van der Waals surface area contributed by atoms with Gasteiger partial charge in [0.15, 0.2) is 6.61 Å². The average Bonchev–Trinajstić information content (AvgIpc) is 2.72. The molecule has 0 saturated carbocycles. The Morgan fingerprint density at radius 1 is 1.23 bits per heavy atom. The maximum atomic E-state index is 12.4. The van der Waals surface area contributed by atoms with Gasteiger partial charge in [0.1, 0.15) is 5.75 Å². The average molecular weight is 300 g/mol. The van der Waals surface area contributed by atoms with Crippen molar-refractivity contribution in [3.63, 3.8) is 0 Å². The van der Waals surface area contributed by atoms with Crippen LogP contribution in [0.5, 0.6) is 5.75 Å². The van der Waals surface area contributed by atoms with Crippen molar-refractivity contribution in [1.29, 1.82) is 0 Å². The molecule has 0 aliphatic heterocycles. The number of aryl methyl sites for hydroxylation is 3. The smallest absolute Gasteiger partial charge is 0.284 e. The summed E-state index contributed by atoms with van der Waals surface area (Å²) in [7, 11) is 0. The zero-order valence-corrected chi connectivity index (χ0v) is 14.2. The van der Waals surface area contributed by atoms with E-state index in [4.69, 9.17) is 4.74 Å². The second-order valence-corrected chi connectivity index (χ2v) is 6.10. The Morgan fingerprint density at radius 3 is 2.45 bits per heavy atom. The quantitative estimate of drug-likeness (QED) is 0.858. The summed E-state index contributed by atoms with van der Waals surface area (Å²) >= 11 is 0. The molecule has 0 atom stereocenters. The van der Waals surface area contributed by atoms with Gasteiger partial charge in [-0.2, -0.15) is 5.10 Å². The standard InChI is InChI=1S/C18H24N2O2/c1-11(2)18-14(5)19-20(15(18)6)17(21)10-22-16-8-7-12(3)9-13(16)4/h7-9,11H,10H2,1-6H3. The second-order valence-electron chi connectivity index (χ2n) is 6.10. The van der Waals surface area contributed by atoms with Crippen LogP contribution in [0.2, 0.25) is 0 Å². The van der Waals surface area contributed by atoms with Crippen molar-refractivity contribution in [2.45, 2.75) is 47.5 Å². The third kappa shape index (κ3) is 3.21. The van der Waals surface area contributed by atoms with E-state index >= 15 is 0 Å². The molecule has 118 valence electrons. The van der Waals surface area contributed by atoms with Crippen molar-refractivity contribution in [2.75, 3.05) is 6.61 Å². The summed E-state index contributed by atoms with van der Waals surface area (Å²) in [5, 5.41) is 4.37. The summed E-state index contributed by atoms with van der Waals surface area (Å²) in [4.78, 5) is 12.4. The van der Waals surface area contributed by atoms with E-state index in [1.165, 1.54) is 10.2 Å². The lowest BCUT2D eigenvalue weighted by molar-refractivity contribution is 0.0817. The fourth-order valence-electron chi connectivity index (χ4n) is 2.90. The van der Waals surface area contributed by atoms with Crippen LogP contribution in [0, 0.1) is 27.7 Å². The van der Waals surface area contributed by atoms with Gasteiger partial charge in [0, 0.05) is 5.69 Å². The minimum Gasteiger partial charge on any atom is -0.483 e. The van der Waals surface area contributed by atoms with Gasteiger partial charge in [-0.05, 0) is 50.8 Å². The predicted octanol–water partition coefficient (Wildman–Crippen LogP) is 3.96. The lowest BCUT2D eigenvalue weighted by atomic mass is 10.0. The SMILES string of the molecule is Cc1ccc(OCC(=O)n2nc(C)c(C(C)C)c2C)c(C)c1. The van der Waals surface area contributed by atoms with Gasteiger partial charge < -0.3 is 4.74 Å². The highest BCUT2D eigenvalue weighted by atomic mass is 16.5. The highest BCUT2D eigenvalue weighted by Gasteiger charge is 2.19. The first-order chi connectivity index (χ1) is 10.3. The first-order valence-electron chi connectivity index (χ1n) is 7.60. The molecule has 1 aromatic heterocycles. The Kier molecular flexibility index (Phi) is 4.69. The topological polar surface area (TPSA) is 44.1 Å². The molecule has 0 radical (unpaired) electrons. The maximum Gasteiger partial charge on any atom is 0.284 e. The van der Waals surface area contributed by atoms with Crippen LogP contribution in [0.25, 0.3) is 0 Å². The van der Waals surface area contributed by atoms with Crippen molar-refractivity contribution in [1.82, 2.24) is 9.78 Å². The first-order valence-corrected chi connectivity index (χ1v) is 7.60. The summed E-state index contributed by atoms with van der Waals surface area (Å²) in [6, 6.07) is 5.92. The number of hydrogen-bond acceptors (Lipinski definition) is 3. The number of benzene rings is 1. The van der Waals surface area contributed by atoms with Gasteiger partial charge in [-0.25, -0.2) is 4.68 Å². The highest BCUT2D eigenvalue weighted by molar-refractivity contribution is 5.80. The third-order valence-electron chi connectivity index (χ3n) is 3.84. The molecule has 0 aliphatic rings. The van der Waals surface area contributed by atoms with Crippen molar-refractivity contribution in [2.24, 2.45) is 0 Å². The molecule has 0 saturated heterocycles. The van der Waals surface area contributed by atoms with Crippen LogP contribution in [0.4, 0.5) is 0 Å². The molecule has 4 nitrogen and oxygen atoms in total. The number of ether oxygens (including phenoxy) is 1. The van der Waals surface area contributed by atoms with Crippen LogP contribution in [-0.2, 0) is 0 Å². The normalized spacial score (nSPS) is 11.0. The predicted molar refractivity (Wildman–Crippen MR) is 87.8 cm³/mol. The zero-order chi connectivity index (χ0) is 16.4. The molecule has 1 heterocycles. The lowest BCUT2D eigenvalue weighted by Gasteiger charge is -2.10. The number of rotatable bonds is 4. The molecule has 2 aromatic rings. The van der Waals surface area contributed by atoms with Crippen LogP contribution in [-0.4, -0.2) is 22.3 Å². The van der Waals surface area contributed by atoms with Crippen LogP contribution < -0.4 is 4.74 Å². The number of aromatic nitrogens is 2. The Morgan fingerprint density at radius 2 is 1.91 bits per heavy atom. The minimum atomic E-state index is -0.146. The van der Waals surface area contributed by atoms with E-state index in [0.29, 0.717) is 5.92 Å². The Balaban J connectivity index is 2.15. The molecule has 0 amide bonds. The zero-order valence-electron chi connectivity index (χ0n) is 14.2. The van der Waals surface area contributed by atoms with Crippen LogP contribution in [0.15, 0.2) is 18.2 Å². The van der Waals surface area contributed by atoms with Gasteiger partial charge >= 0.3 is 0 Å². The molecule has 2 rings (SSSR count). The van der Waals surface area contributed by atoms with Gasteiger partial charge in [-0.15, -0.1) is 0 Å². The third-order valence-corrected chi connectivity index (χ3v) is 3.84. The molecule has 22 heavy (non-hydrogen) atoms. The molecular weight excluding hydrogens is 276 g/mol.